The van der Waals surface area contributed by atoms with Crippen molar-refractivity contribution in [2.45, 2.75) is 23.6 Å². The first-order valence-electron chi connectivity index (χ1n) is 5.31. The summed E-state index contributed by atoms with van der Waals surface area (Å²) in [6.07, 6.45) is 0.653. The molecule has 5 nitrogen and oxygen atoms in total. The molecule has 0 aliphatic carbocycles. The van der Waals surface area contributed by atoms with Crippen LogP contribution in [0.1, 0.15) is 18.2 Å². The molecule has 1 heterocycles. The van der Waals surface area contributed by atoms with Crippen LogP contribution in [-0.2, 0) is 14.8 Å². The van der Waals surface area contributed by atoms with Gasteiger partial charge in [0.25, 0.3) is 0 Å². The number of hydrogen-bond acceptors (Lipinski definition) is 5. The number of methoxy groups -OCH3 is 1. The summed E-state index contributed by atoms with van der Waals surface area (Å²) in [5.74, 6) is 0. The largest absolute Gasteiger partial charge is 0.389 e. The summed E-state index contributed by atoms with van der Waals surface area (Å²) in [6, 6.07) is 2.87. The Balaban J connectivity index is 2.88. The third kappa shape index (κ3) is 3.99. The molecule has 0 aromatic carbocycles. The van der Waals surface area contributed by atoms with Crippen LogP contribution in [0, 0.1) is 0 Å². The lowest BCUT2D eigenvalue weighted by Gasteiger charge is -2.15. The van der Waals surface area contributed by atoms with Crippen molar-refractivity contribution in [2.75, 3.05) is 13.7 Å². The SMILES string of the molecule is CCC(COC)NS(=O)(=O)c1ccc(C(N)=S)s1. The van der Waals surface area contributed by atoms with Crippen molar-refractivity contribution in [3.63, 3.8) is 0 Å². The molecule has 0 aliphatic rings. The normalized spacial score (nSPS) is 13.4. The third-order valence-corrected chi connectivity index (χ3v) is 5.75. The summed E-state index contributed by atoms with van der Waals surface area (Å²) in [6.45, 7) is 2.23. The fourth-order valence-electron chi connectivity index (χ4n) is 1.31. The summed E-state index contributed by atoms with van der Waals surface area (Å²) < 4.78 is 31.9. The molecule has 1 atom stereocenters. The molecule has 1 unspecified atom stereocenters. The van der Waals surface area contributed by atoms with Crippen molar-refractivity contribution < 1.29 is 13.2 Å². The van der Waals surface area contributed by atoms with Crippen molar-refractivity contribution in [3.05, 3.63) is 17.0 Å². The number of nitrogens with two attached hydrogens (primary N) is 1. The standard InChI is InChI=1S/C10H16N2O3S3/c1-3-7(6-15-2)12-18(13,14)9-5-4-8(17-9)10(11)16/h4-5,7,12H,3,6H2,1-2H3,(H2,11,16). The first-order valence-corrected chi connectivity index (χ1v) is 8.02. The Bertz CT molecular complexity index is 510. The van der Waals surface area contributed by atoms with E-state index in [0.717, 1.165) is 11.3 Å². The summed E-state index contributed by atoms with van der Waals surface area (Å²) in [7, 11) is -2.00. The maximum Gasteiger partial charge on any atom is 0.250 e. The monoisotopic (exact) mass is 308 g/mol. The molecule has 0 amide bonds. The molecule has 102 valence electrons. The minimum Gasteiger partial charge on any atom is -0.389 e. The van der Waals surface area contributed by atoms with E-state index in [1.807, 2.05) is 6.92 Å². The molecule has 0 fully saturated rings. The summed E-state index contributed by atoms with van der Waals surface area (Å²) in [5.41, 5.74) is 5.45. The average molecular weight is 308 g/mol. The zero-order valence-electron chi connectivity index (χ0n) is 10.2. The topological polar surface area (TPSA) is 81.4 Å². The van der Waals surface area contributed by atoms with Crippen molar-refractivity contribution >= 4 is 38.6 Å². The van der Waals surface area contributed by atoms with Gasteiger partial charge in [-0.3, -0.25) is 0 Å². The minimum absolute atomic E-state index is 0.199. The molecule has 0 spiro atoms. The van der Waals surface area contributed by atoms with Gasteiger partial charge in [-0.2, -0.15) is 0 Å². The van der Waals surface area contributed by atoms with Crippen molar-refractivity contribution in [3.8, 4) is 0 Å². The lowest BCUT2D eigenvalue weighted by Crippen LogP contribution is -2.37. The number of thiophene rings is 1. The van der Waals surface area contributed by atoms with E-state index < -0.39 is 10.0 Å². The Hall–Kier alpha value is -0.540. The summed E-state index contributed by atoms with van der Waals surface area (Å²) >= 11 is 5.86. The Kier molecular flexibility index (Phi) is 5.67. The Morgan fingerprint density at radius 3 is 2.72 bits per heavy atom. The first kappa shape index (κ1) is 15.5. The molecule has 0 saturated carbocycles. The van der Waals surface area contributed by atoms with E-state index in [0.29, 0.717) is 17.9 Å². The highest BCUT2D eigenvalue weighted by Gasteiger charge is 2.21. The molecule has 1 rings (SSSR count). The number of nitrogens with one attached hydrogen (secondary N) is 1. The van der Waals surface area contributed by atoms with Gasteiger partial charge in [0.2, 0.25) is 10.0 Å². The second-order valence-corrected chi connectivity index (χ2v) is 7.13. The third-order valence-electron chi connectivity index (χ3n) is 2.27. The molecule has 3 N–H and O–H groups in total. The van der Waals surface area contributed by atoms with Crippen molar-refractivity contribution in [1.29, 1.82) is 0 Å². The maximum atomic E-state index is 12.1. The molecule has 0 saturated heterocycles. The van der Waals surface area contributed by atoms with Gasteiger partial charge in [0, 0.05) is 13.2 Å². The van der Waals surface area contributed by atoms with Gasteiger partial charge < -0.3 is 10.5 Å². The van der Waals surface area contributed by atoms with E-state index in [2.05, 4.69) is 4.72 Å². The van der Waals surface area contributed by atoms with E-state index in [1.54, 1.807) is 6.07 Å². The van der Waals surface area contributed by atoms with Gasteiger partial charge in [-0.15, -0.1) is 11.3 Å². The molecule has 0 aliphatic heterocycles. The van der Waals surface area contributed by atoms with Gasteiger partial charge >= 0.3 is 0 Å². The van der Waals surface area contributed by atoms with Crippen LogP contribution < -0.4 is 10.5 Å². The Morgan fingerprint density at radius 2 is 2.28 bits per heavy atom. The van der Waals surface area contributed by atoms with E-state index in [1.165, 1.54) is 13.2 Å². The van der Waals surface area contributed by atoms with Crippen LogP contribution >= 0.6 is 23.6 Å². The van der Waals surface area contributed by atoms with E-state index in [-0.39, 0.29) is 15.2 Å². The Labute approximate surface area is 116 Å². The zero-order valence-corrected chi connectivity index (χ0v) is 12.6. The molecule has 18 heavy (non-hydrogen) atoms. The smallest absolute Gasteiger partial charge is 0.250 e. The number of hydrogen-bond donors (Lipinski definition) is 2. The van der Waals surface area contributed by atoms with Crippen molar-refractivity contribution in [1.82, 2.24) is 4.72 Å². The number of rotatable bonds is 7. The number of sulfonamides is 1. The summed E-state index contributed by atoms with van der Waals surface area (Å²) in [5, 5.41) is 0. The van der Waals surface area contributed by atoms with Gasteiger partial charge in [-0.1, -0.05) is 19.1 Å². The molecular formula is C10H16N2O3S3. The van der Waals surface area contributed by atoms with Gasteiger partial charge in [0.1, 0.15) is 9.20 Å². The van der Waals surface area contributed by atoms with Crippen LogP contribution in [0.3, 0.4) is 0 Å². The number of thiocarbonyl (C=S) groups is 1. The predicted molar refractivity (Wildman–Crippen MR) is 76.5 cm³/mol. The second kappa shape index (κ2) is 6.58. The zero-order chi connectivity index (χ0) is 13.8. The highest BCUT2D eigenvalue weighted by atomic mass is 32.2. The summed E-state index contributed by atoms with van der Waals surface area (Å²) in [4.78, 5) is 0.788. The highest BCUT2D eigenvalue weighted by molar-refractivity contribution is 7.91. The average Bonchev–Trinajstić information content (AvgIpc) is 2.78. The van der Waals surface area contributed by atoms with Gasteiger partial charge in [0.05, 0.1) is 11.5 Å². The van der Waals surface area contributed by atoms with E-state index in [9.17, 15) is 8.42 Å². The van der Waals surface area contributed by atoms with Gasteiger partial charge in [0.15, 0.2) is 0 Å². The second-order valence-electron chi connectivity index (χ2n) is 3.66. The van der Waals surface area contributed by atoms with Gasteiger partial charge in [-0.25, -0.2) is 13.1 Å². The molecule has 1 aromatic rings. The lowest BCUT2D eigenvalue weighted by atomic mass is 10.3. The Morgan fingerprint density at radius 1 is 1.61 bits per heavy atom. The van der Waals surface area contributed by atoms with Crippen LogP contribution in [-0.4, -0.2) is 33.2 Å². The van der Waals surface area contributed by atoms with Crippen LogP contribution in [0.25, 0.3) is 0 Å². The predicted octanol–water partition coefficient (Wildman–Crippen LogP) is 1.09. The quantitative estimate of drug-likeness (QED) is 0.737. The van der Waals surface area contributed by atoms with E-state index in [4.69, 9.17) is 22.7 Å². The molecule has 0 bridgehead atoms. The van der Waals surface area contributed by atoms with Crippen LogP contribution in [0.4, 0.5) is 0 Å². The fourth-order valence-corrected chi connectivity index (χ4v) is 3.98. The highest BCUT2D eigenvalue weighted by Crippen LogP contribution is 2.21. The van der Waals surface area contributed by atoms with Crippen molar-refractivity contribution in [2.24, 2.45) is 5.73 Å². The molecular weight excluding hydrogens is 292 g/mol. The molecule has 1 aromatic heterocycles. The lowest BCUT2D eigenvalue weighted by molar-refractivity contribution is 0.173. The number of ether oxygens (including phenoxy) is 1. The molecule has 0 radical (unpaired) electrons. The van der Waals surface area contributed by atoms with Gasteiger partial charge in [-0.05, 0) is 18.6 Å². The fraction of sp³-hybridized carbons (Fsp3) is 0.500. The first-order chi connectivity index (χ1) is 8.40. The van der Waals surface area contributed by atoms with E-state index >= 15 is 0 Å². The minimum atomic E-state index is -3.53. The van der Waals surface area contributed by atoms with Crippen LogP contribution in [0.2, 0.25) is 0 Å². The molecule has 8 heteroatoms. The maximum absolute atomic E-state index is 12.1. The van der Waals surface area contributed by atoms with Crippen LogP contribution in [0.5, 0.6) is 0 Å². The van der Waals surface area contributed by atoms with Crippen LogP contribution in [0.15, 0.2) is 16.3 Å².